The van der Waals surface area contributed by atoms with Gasteiger partial charge in [0.15, 0.2) is 0 Å². The molecule has 0 unspecified atom stereocenters. The van der Waals surface area contributed by atoms with E-state index < -0.39 is 0 Å². The van der Waals surface area contributed by atoms with Gasteiger partial charge in [0.1, 0.15) is 5.75 Å². The minimum atomic E-state index is -0.223. The number of nitrogens with one attached hydrogen (secondary N) is 2. The van der Waals surface area contributed by atoms with Gasteiger partial charge >= 0.3 is 0 Å². The molecule has 32 heavy (non-hydrogen) atoms. The molecule has 0 aliphatic rings. The van der Waals surface area contributed by atoms with E-state index in [0.29, 0.717) is 36.5 Å². The van der Waals surface area contributed by atoms with E-state index in [2.05, 4.69) is 15.6 Å². The summed E-state index contributed by atoms with van der Waals surface area (Å²) in [5.74, 6) is 0.431. The summed E-state index contributed by atoms with van der Waals surface area (Å²) in [5.41, 5.74) is 3.74. The summed E-state index contributed by atoms with van der Waals surface area (Å²) in [5, 5.41) is 5.72. The number of ether oxygens (including phenoxy) is 1. The molecule has 3 aromatic carbocycles. The van der Waals surface area contributed by atoms with Crippen LogP contribution in [-0.4, -0.2) is 28.0 Å². The second-order valence-corrected chi connectivity index (χ2v) is 7.21. The van der Waals surface area contributed by atoms with Crippen LogP contribution in [-0.2, 0) is 11.3 Å². The number of carbonyl (C=O) groups excluding carboxylic acids is 2. The molecule has 2 amide bonds. The lowest BCUT2D eigenvalue weighted by molar-refractivity contribution is -0.116. The molecule has 0 fully saturated rings. The number of para-hydroxylation sites is 2. The molecule has 4 rings (SSSR count). The highest BCUT2D eigenvalue weighted by Gasteiger charge is 2.09. The molecule has 4 aromatic rings. The largest absolute Gasteiger partial charge is 0.494 e. The van der Waals surface area contributed by atoms with Crippen LogP contribution in [0.5, 0.6) is 5.75 Å². The van der Waals surface area contributed by atoms with Crippen molar-refractivity contribution in [1.29, 1.82) is 0 Å². The highest BCUT2D eigenvalue weighted by Crippen LogP contribution is 2.18. The number of rotatable bonds is 8. The predicted octanol–water partition coefficient (Wildman–Crippen LogP) is 4.72. The SMILES string of the molecule is CCOc1ccc(NC(=O)c2ccc(NC(=O)CCn3cnc4ccccc43)cc2)cc1. The van der Waals surface area contributed by atoms with E-state index in [0.717, 1.165) is 16.8 Å². The van der Waals surface area contributed by atoms with Gasteiger partial charge in [-0.15, -0.1) is 0 Å². The van der Waals surface area contributed by atoms with Crippen molar-refractivity contribution in [3.05, 3.63) is 84.7 Å². The Labute approximate surface area is 186 Å². The molecule has 0 atom stereocenters. The lowest BCUT2D eigenvalue weighted by Gasteiger charge is -2.09. The number of benzene rings is 3. The van der Waals surface area contributed by atoms with Gasteiger partial charge in [0, 0.05) is 29.9 Å². The van der Waals surface area contributed by atoms with Crippen molar-refractivity contribution in [2.24, 2.45) is 0 Å². The number of aromatic nitrogens is 2. The van der Waals surface area contributed by atoms with E-state index in [1.807, 2.05) is 47.9 Å². The summed E-state index contributed by atoms with van der Waals surface area (Å²) < 4.78 is 7.36. The molecule has 0 aliphatic heterocycles. The monoisotopic (exact) mass is 428 g/mol. The topological polar surface area (TPSA) is 85.3 Å². The van der Waals surface area contributed by atoms with Crippen LogP contribution < -0.4 is 15.4 Å². The summed E-state index contributed by atoms with van der Waals surface area (Å²) in [6.07, 6.45) is 2.07. The Balaban J connectivity index is 1.29. The first-order valence-electron chi connectivity index (χ1n) is 10.5. The summed E-state index contributed by atoms with van der Waals surface area (Å²) in [6.45, 7) is 3.05. The highest BCUT2D eigenvalue weighted by atomic mass is 16.5. The predicted molar refractivity (Wildman–Crippen MR) is 125 cm³/mol. The molecular formula is C25H24N4O3. The number of anilines is 2. The van der Waals surface area contributed by atoms with Crippen molar-refractivity contribution in [3.8, 4) is 5.75 Å². The van der Waals surface area contributed by atoms with E-state index in [-0.39, 0.29) is 11.8 Å². The van der Waals surface area contributed by atoms with Crippen molar-refractivity contribution in [3.63, 3.8) is 0 Å². The van der Waals surface area contributed by atoms with Crippen LogP contribution in [0.25, 0.3) is 11.0 Å². The minimum absolute atomic E-state index is 0.102. The van der Waals surface area contributed by atoms with Crippen molar-refractivity contribution < 1.29 is 14.3 Å². The molecule has 0 saturated carbocycles. The number of hydrogen-bond donors (Lipinski definition) is 2. The van der Waals surface area contributed by atoms with Gasteiger partial charge in [-0.3, -0.25) is 9.59 Å². The second kappa shape index (κ2) is 9.78. The average molecular weight is 428 g/mol. The van der Waals surface area contributed by atoms with Crippen LogP contribution >= 0.6 is 0 Å². The zero-order valence-corrected chi connectivity index (χ0v) is 17.7. The smallest absolute Gasteiger partial charge is 0.255 e. The first kappa shape index (κ1) is 21.1. The number of nitrogens with zero attached hydrogens (tertiary/aromatic N) is 2. The zero-order valence-electron chi connectivity index (χ0n) is 17.7. The summed E-state index contributed by atoms with van der Waals surface area (Å²) >= 11 is 0. The Morgan fingerprint density at radius 1 is 0.906 bits per heavy atom. The maximum atomic E-state index is 12.5. The van der Waals surface area contributed by atoms with Crippen molar-refractivity contribution >= 4 is 34.2 Å². The Kier molecular flexibility index (Phi) is 6.46. The third-order valence-electron chi connectivity index (χ3n) is 4.96. The number of amides is 2. The Morgan fingerprint density at radius 3 is 2.34 bits per heavy atom. The van der Waals surface area contributed by atoms with Crippen molar-refractivity contribution in [1.82, 2.24) is 9.55 Å². The van der Waals surface area contributed by atoms with E-state index in [1.165, 1.54) is 0 Å². The first-order chi connectivity index (χ1) is 15.6. The average Bonchev–Trinajstić information content (AvgIpc) is 3.23. The lowest BCUT2D eigenvalue weighted by Crippen LogP contribution is -2.15. The first-order valence-corrected chi connectivity index (χ1v) is 10.5. The van der Waals surface area contributed by atoms with Gasteiger partial charge in [0.2, 0.25) is 5.91 Å². The van der Waals surface area contributed by atoms with Gasteiger partial charge in [0.25, 0.3) is 5.91 Å². The van der Waals surface area contributed by atoms with Gasteiger partial charge in [-0.1, -0.05) is 12.1 Å². The molecular weight excluding hydrogens is 404 g/mol. The fraction of sp³-hybridized carbons (Fsp3) is 0.160. The molecule has 162 valence electrons. The number of imidazole rings is 1. The van der Waals surface area contributed by atoms with Gasteiger partial charge in [-0.25, -0.2) is 4.98 Å². The quantitative estimate of drug-likeness (QED) is 0.425. The van der Waals surface area contributed by atoms with Gasteiger partial charge in [-0.2, -0.15) is 0 Å². The maximum Gasteiger partial charge on any atom is 0.255 e. The van der Waals surface area contributed by atoms with Crippen molar-refractivity contribution in [2.75, 3.05) is 17.2 Å². The van der Waals surface area contributed by atoms with E-state index in [1.54, 1.807) is 42.7 Å². The molecule has 1 aromatic heterocycles. The minimum Gasteiger partial charge on any atom is -0.494 e. The van der Waals surface area contributed by atoms with Crippen LogP contribution in [0, 0.1) is 0 Å². The second-order valence-electron chi connectivity index (χ2n) is 7.21. The normalized spacial score (nSPS) is 10.7. The summed E-state index contributed by atoms with van der Waals surface area (Å²) in [6, 6.07) is 21.8. The molecule has 0 aliphatic carbocycles. The third-order valence-corrected chi connectivity index (χ3v) is 4.96. The Morgan fingerprint density at radius 2 is 1.59 bits per heavy atom. The van der Waals surface area contributed by atoms with Crippen molar-refractivity contribution in [2.45, 2.75) is 19.9 Å². The number of fused-ring (bicyclic) bond motifs is 1. The Hall–Kier alpha value is -4.13. The number of aryl methyl sites for hydroxylation is 1. The van der Waals surface area contributed by atoms with Crippen LogP contribution in [0.15, 0.2) is 79.1 Å². The summed E-state index contributed by atoms with van der Waals surface area (Å²) in [4.78, 5) is 29.1. The highest BCUT2D eigenvalue weighted by molar-refractivity contribution is 6.04. The Bertz CT molecular complexity index is 1210. The number of carbonyl (C=O) groups is 2. The molecule has 0 bridgehead atoms. The zero-order chi connectivity index (χ0) is 22.3. The molecule has 7 heteroatoms. The van der Waals surface area contributed by atoms with Crippen LogP contribution in [0.4, 0.5) is 11.4 Å². The van der Waals surface area contributed by atoms with E-state index in [4.69, 9.17) is 4.74 Å². The molecule has 7 nitrogen and oxygen atoms in total. The van der Waals surface area contributed by atoms with E-state index >= 15 is 0 Å². The molecule has 2 N–H and O–H groups in total. The molecule has 0 spiro atoms. The van der Waals surface area contributed by atoms with Gasteiger partial charge in [-0.05, 0) is 67.6 Å². The third kappa shape index (κ3) is 5.13. The fourth-order valence-electron chi connectivity index (χ4n) is 3.34. The molecule has 1 heterocycles. The maximum absolute atomic E-state index is 12.5. The standard InChI is InChI=1S/C25H24N4O3/c1-2-32-21-13-11-20(12-14-21)28-25(31)18-7-9-19(10-8-18)27-24(30)15-16-29-17-26-22-5-3-4-6-23(22)29/h3-14,17H,2,15-16H2,1H3,(H,27,30)(H,28,31). The molecule has 0 saturated heterocycles. The van der Waals surface area contributed by atoms with Crippen LogP contribution in [0.3, 0.4) is 0 Å². The molecule has 0 radical (unpaired) electrons. The fourth-order valence-corrected chi connectivity index (χ4v) is 3.34. The van der Waals surface area contributed by atoms with Gasteiger partial charge in [0.05, 0.1) is 24.0 Å². The van der Waals surface area contributed by atoms with Crippen LogP contribution in [0.1, 0.15) is 23.7 Å². The summed E-state index contributed by atoms with van der Waals surface area (Å²) in [7, 11) is 0. The van der Waals surface area contributed by atoms with E-state index in [9.17, 15) is 9.59 Å². The number of hydrogen-bond acceptors (Lipinski definition) is 4. The van der Waals surface area contributed by atoms with Crippen LogP contribution in [0.2, 0.25) is 0 Å². The lowest BCUT2D eigenvalue weighted by atomic mass is 10.2. The van der Waals surface area contributed by atoms with Gasteiger partial charge < -0.3 is 19.9 Å².